The fourth-order valence-corrected chi connectivity index (χ4v) is 1.89. The van der Waals surface area contributed by atoms with Crippen molar-refractivity contribution in [1.82, 2.24) is 0 Å². The van der Waals surface area contributed by atoms with Gasteiger partial charge in [0.2, 0.25) is 5.91 Å². The second-order valence-corrected chi connectivity index (χ2v) is 3.45. The van der Waals surface area contributed by atoms with E-state index in [4.69, 9.17) is 0 Å². The van der Waals surface area contributed by atoms with Crippen LogP contribution in [0.1, 0.15) is 24.2 Å². The van der Waals surface area contributed by atoms with Crippen molar-refractivity contribution in [3.8, 4) is 0 Å². The van der Waals surface area contributed by atoms with Crippen LogP contribution in [0, 0.1) is 0 Å². The van der Waals surface area contributed by atoms with E-state index in [0.29, 0.717) is 5.56 Å². The summed E-state index contributed by atoms with van der Waals surface area (Å²) in [5.74, 6) is -0.0633. The molecule has 1 aliphatic heterocycles. The van der Waals surface area contributed by atoms with E-state index in [0.717, 1.165) is 5.69 Å². The van der Waals surface area contributed by atoms with E-state index in [-0.39, 0.29) is 17.7 Å². The Morgan fingerprint density at radius 1 is 1.36 bits per heavy atom. The molecule has 1 aromatic rings. The Kier molecular flexibility index (Phi) is 1.88. The summed E-state index contributed by atoms with van der Waals surface area (Å²) in [6.07, 6.45) is 0. The minimum Gasteiger partial charge on any atom is -0.301 e. The molecule has 3 nitrogen and oxygen atoms in total. The molecule has 0 aliphatic carbocycles. The van der Waals surface area contributed by atoms with Crippen LogP contribution < -0.4 is 4.90 Å². The highest BCUT2D eigenvalue weighted by atomic mass is 16.2. The van der Waals surface area contributed by atoms with Crippen LogP contribution in [0.5, 0.6) is 0 Å². The molecule has 0 spiro atoms. The topological polar surface area (TPSA) is 37.4 Å². The lowest BCUT2D eigenvalue weighted by molar-refractivity contribution is -0.116. The van der Waals surface area contributed by atoms with Crippen LogP contribution in [-0.2, 0) is 4.79 Å². The zero-order valence-electron chi connectivity index (χ0n) is 8.15. The molecule has 0 aromatic heterocycles. The maximum atomic E-state index is 11.7. The third-order valence-corrected chi connectivity index (χ3v) is 2.54. The molecule has 0 N–H and O–H groups in total. The van der Waals surface area contributed by atoms with Gasteiger partial charge >= 0.3 is 0 Å². The SMILES string of the molecule is CC(=O)N1c2ccccc2C(=O)C1C. The summed E-state index contributed by atoms with van der Waals surface area (Å²) < 4.78 is 0. The Morgan fingerprint density at radius 2 is 2.00 bits per heavy atom. The highest BCUT2D eigenvalue weighted by Crippen LogP contribution is 2.31. The molecule has 0 saturated heterocycles. The fraction of sp³-hybridized carbons (Fsp3) is 0.273. The van der Waals surface area contributed by atoms with Gasteiger partial charge in [-0.3, -0.25) is 9.59 Å². The van der Waals surface area contributed by atoms with Gasteiger partial charge in [0, 0.05) is 12.5 Å². The first-order valence-corrected chi connectivity index (χ1v) is 4.56. The molecule has 2 rings (SSSR count). The van der Waals surface area contributed by atoms with Gasteiger partial charge in [-0.15, -0.1) is 0 Å². The van der Waals surface area contributed by atoms with Crippen molar-refractivity contribution in [2.75, 3.05) is 4.90 Å². The average molecular weight is 189 g/mol. The number of nitrogens with zero attached hydrogens (tertiary/aromatic N) is 1. The zero-order valence-corrected chi connectivity index (χ0v) is 8.15. The van der Waals surface area contributed by atoms with Gasteiger partial charge in [-0.2, -0.15) is 0 Å². The lowest BCUT2D eigenvalue weighted by Crippen LogP contribution is -2.36. The van der Waals surface area contributed by atoms with Gasteiger partial charge < -0.3 is 4.90 Å². The van der Waals surface area contributed by atoms with Gasteiger partial charge in [-0.1, -0.05) is 12.1 Å². The summed E-state index contributed by atoms with van der Waals surface area (Å²) >= 11 is 0. The van der Waals surface area contributed by atoms with E-state index in [1.807, 2.05) is 12.1 Å². The molecule has 1 heterocycles. The van der Waals surface area contributed by atoms with Crippen molar-refractivity contribution in [1.29, 1.82) is 0 Å². The first-order valence-electron chi connectivity index (χ1n) is 4.56. The summed E-state index contributed by atoms with van der Waals surface area (Å²) in [7, 11) is 0. The van der Waals surface area contributed by atoms with E-state index in [2.05, 4.69) is 0 Å². The number of benzene rings is 1. The molecule has 0 saturated carbocycles. The number of para-hydroxylation sites is 1. The number of rotatable bonds is 0. The van der Waals surface area contributed by atoms with E-state index in [1.165, 1.54) is 11.8 Å². The number of ketones is 1. The van der Waals surface area contributed by atoms with Gasteiger partial charge in [-0.05, 0) is 19.1 Å². The molecule has 1 aliphatic rings. The molecule has 1 aromatic carbocycles. The monoisotopic (exact) mass is 189 g/mol. The quantitative estimate of drug-likeness (QED) is 0.622. The van der Waals surface area contributed by atoms with E-state index in [1.54, 1.807) is 19.1 Å². The minimum absolute atomic E-state index is 0.0239. The van der Waals surface area contributed by atoms with Crippen molar-refractivity contribution >= 4 is 17.4 Å². The van der Waals surface area contributed by atoms with Crippen LogP contribution in [0.25, 0.3) is 0 Å². The van der Waals surface area contributed by atoms with Crippen LogP contribution >= 0.6 is 0 Å². The predicted molar refractivity (Wildman–Crippen MR) is 53.4 cm³/mol. The van der Waals surface area contributed by atoms with Crippen LogP contribution in [0.4, 0.5) is 5.69 Å². The van der Waals surface area contributed by atoms with Crippen molar-refractivity contribution < 1.29 is 9.59 Å². The summed E-state index contributed by atoms with van der Waals surface area (Å²) in [6.45, 7) is 3.23. The van der Waals surface area contributed by atoms with E-state index in [9.17, 15) is 9.59 Å². The van der Waals surface area contributed by atoms with Gasteiger partial charge in [0.15, 0.2) is 5.78 Å². The van der Waals surface area contributed by atoms with Gasteiger partial charge in [-0.25, -0.2) is 0 Å². The van der Waals surface area contributed by atoms with Crippen molar-refractivity contribution in [3.05, 3.63) is 29.8 Å². The Balaban J connectivity index is 2.59. The largest absolute Gasteiger partial charge is 0.301 e. The number of hydrogen-bond acceptors (Lipinski definition) is 2. The van der Waals surface area contributed by atoms with Crippen LogP contribution in [0.15, 0.2) is 24.3 Å². The smallest absolute Gasteiger partial charge is 0.224 e. The molecule has 0 bridgehead atoms. The number of hydrogen-bond donors (Lipinski definition) is 0. The Bertz CT molecular complexity index is 412. The maximum Gasteiger partial charge on any atom is 0.224 e. The number of amides is 1. The molecule has 3 heteroatoms. The van der Waals surface area contributed by atoms with Crippen molar-refractivity contribution in [2.45, 2.75) is 19.9 Å². The first kappa shape index (κ1) is 8.94. The molecule has 72 valence electrons. The normalized spacial score (nSPS) is 19.7. The lowest BCUT2D eigenvalue weighted by Gasteiger charge is -2.18. The number of Topliss-reactive ketones (excluding diaryl/α,β-unsaturated/α-hetero) is 1. The molecular weight excluding hydrogens is 178 g/mol. The Labute approximate surface area is 82.3 Å². The standard InChI is InChI=1S/C11H11NO2/c1-7-11(14)9-5-3-4-6-10(9)12(7)8(2)13/h3-7H,1-2H3. The van der Waals surface area contributed by atoms with Crippen molar-refractivity contribution in [3.63, 3.8) is 0 Å². The number of fused-ring (bicyclic) bond motifs is 1. The second-order valence-electron chi connectivity index (χ2n) is 3.45. The number of carbonyl (C=O) groups excluding carboxylic acids is 2. The third-order valence-electron chi connectivity index (χ3n) is 2.54. The Hall–Kier alpha value is -1.64. The van der Waals surface area contributed by atoms with Crippen molar-refractivity contribution in [2.24, 2.45) is 0 Å². The molecular formula is C11H11NO2. The highest BCUT2D eigenvalue weighted by Gasteiger charge is 2.35. The molecule has 0 radical (unpaired) electrons. The number of anilines is 1. The average Bonchev–Trinajstić information content (AvgIpc) is 2.41. The van der Waals surface area contributed by atoms with Crippen LogP contribution in [-0.4, -0.2) is 17.7 Å². The molecule has 1 unspecified atom stereocenters. The second kappa shape index (κ2) is 2.94. The summed E-state index contributed by atoms with van der Waals surface area (Å²) in [5.41, 5.74) is 1.38. The first-order chi connectivity index (χ1) is 6.63. The van der Waals surface area contributed by atoms with Gasteiger partial charge in [0.25, 0.3) is 0 Å². The summed E-state index contributed by atoms with van der Waals surface area (Å²) in [4.78, 5) is 24.6. The predicted octanol–water partition coefficient (Wildman–Crippen LogP) is 1.62. The van der Waals surface area contributed by atoms with Gasteiger partial charge in [0.05, 0.1) is 11.7 Å². The zero-order chi connectivity index (χ0) is 10.3. The highest BCUT2D eigenvalue weighted by molar-refractivity contribution is 6.17. The molecule has 14 heavy (non-hydrogen) atoms. The third kappa shape index (κ3) is 1.05. The Morgan fingerprint density at radius 3 is 2.64 bits per heavy atom. The maximum absolute atomic E-state index is 11.7. The lowest BCUT2D eigenvalue weighted by atomic mass is 10.1. The van der Waals surface area contributed by atoms with E-state index < -0.39 is 0 Å². The molecule has 1 amide bonds. The molecule has 1 atom stereocenters. The number of carbonyl (C=O) groups is 2. The summed E-state index contributed by atoms with van der Waals surface area (Å²) in [5, 5.41) is 0. The minimum atomic E-state index is -0.357. The summed E-state index contributed by atoms with van der Waals surface area (Å²) in [6, 6.07) is 6.85. The van der Waals surface area contributed by atoms with Crippen LogP contribution in [0.3, 0.4) is 0 Å². The van der Waals surface area contributed by atoms with Crippen LogP contribution in [0.2, 0.25) is 0 Å². The van der Waals surface area contributed by atoms with E-state index >= 15 is 0 Å². The van der Waals surface area contributed by atoms with Gasteiger partial charge in [0.1, 0.15) is 0 Å². The fourth-order valence-electron chi connectivity index (χ4n) is 1.89. The molecule has 0 fully saturated rings.